The lowest BCUT2D eigenvalue weighted by Gasteiger charge is -2.30. The Hall–Kier alpha value is -1.30. The summed E-state index contributed by atoms with van der Waals surface area (Å²) in [5.41, 5.74) is 5.89. The fourth-order valence-corrected chi connectivity index (χ4v) is 3.40. The molecule has 3 rings (SSSR count). The standard InChI is InChI=1S/C13H20N4OS/c1-8-3-2-6-17(7-8)12(18)10-11(14)16-13(19-10)15-9-4-5-9/h8-9H,2-7,14H2,1H3,(H,15,16). The fraction of sp³-hybridized carbons (Fsp3) is 0.692. The van der Waals surface area contributed by atoms with E-state index in [4.69, 9.17) is 5.73 Å². The Balaban J connectivity index is 1.72. The van der Waals surface area contributed by atoms with Crippen molar-refractivity contribution in [1.82, 2.24) is 9.88 Å². The number of hydrogen-bond acceptors (Lipinski definition) is 5. The number of piperidine rings is 1. The van der Waals surface area contributed by atoms with Crippen LogP contribution in [-0.2, 0) is 0 Å². The van der Waals surface area contributed by atoms with E-state index in [0.29, 0.717) is 22.7 Å². The van der Waals surface area contributed by atoms with Crippen LogP contribution < -0.4 is 11.1 Å². The van der Waals surface area contributed by atoms with E-state index in [1.165, 1.54) is 30.6 Å². The largest absolute Gasteiger partial charge is 0.382 e. The number of aromatic nitrogens is 1. The molecular weight excluding hydrogens is 260 g/mol. The Morgan fingerprint density at radius 2 is 2.26 bits per heavy atom. The second-order valence-corrected chi connectivity index (χ2v) is 6.65. The third kappa shape index (κ3) is 2.83. The van der Waals surface area contributed by atoms with E-state index >= 15 is 0 Å². The topological polar surface area (TPSA) is 71.2 Å². The number of anilines is 2. The highest BCUT2D eigenvalue weighted by atomic mass is 32.1. The number of nitrogens with one attached hydrogen (secondary N) is 1. The summed E-state index contributed by atoms with van der Waals surface area (Å²) < 4.78 is 0. The van der Waals surface area contributed by atoms with Gasteiger partial charge in [-0.05, 0) is 31.6 Å². The third-order valence-corrected chi connectivity index (χ3v) is 4.69. The molecule has 19 heavy (non-hydrogen) atoms. The summed E-state index contributed by atoms with van der Waals surface area (Å²) in [5.74, 6) is 0.998. The zero-order chi connectivity index (χ0) is 13.4. The van der Waals surface area contributed by atoms with Gasteiger partial charge in [-0.25, -0.2) is 4.98 Å². The number of amides is 1. The normalized spacial score (nSPS) is 23.4. The zero-order valence-electron chi connectivity index (χ0n) is 11.2. The van der Waals surface area contributed by atoms with Crippen LogP contribution in [0.2, 0.25) is 0 Å². The molecule has 1 unspecified atom stereocenters. The predicted molar refractivity (Wildman–Crippen MR) is 77.5 cm³/mol. The number of carbonyl (C=O) groups is 1. The van der Waals surface area contributed by atoms with Gasteiger partial charge in [-0.3, -0.25) is 4.79 Å². The van der Waals surface area contributed by atoms with Crippen LogP contribution in [0.5, 0.6) is 0 Å². The van der Waals surface area contributed by atoms with Crippen LogP contribution in [0.25, 0.3) is 0 Å². The number of likely N-dealkylation sites (tertiary alicyclic amines) is 1. The quantitative estimate of drug-likeness (QED) is 0.890. The molecule has 1 saturated carbocycles. The van der Waals surface area contributed by atoms with Crippen molar-refractivity contribution >= 4 is 28.2 Å². The van der Waals surface area contributed by atoms with Crippen LogP contribution in [0.3, 0.4) is 0 Å². The van der Waals surface area contributed by atoms with Crippen molar-refractivity contribution in [2.75, 3.05) is 24.1 Å². The minimum atomic E-state index is 0.0467. The summed E-state index contributed by atoms with van der Waals surface area (Å²) in [6.07, 6.45) is 4.66. The van der Waals surface area contributed by atoms with E-state index in [1.54, 1.807) is 0 Å². The van der Waals surface area contributed by atoms with Crippen LogP contribution in [0.1, 0.15) is 42.3 Å². The number of thiazole rings is 1. The molecule has 2 fully saturated rings. The van der Waals surface area contributed by atoms with E-state index < -0.39 is 0 Å². The van der Waals surface area contributed by atoms with Crippen LogP contribution in [0, 0.1) is 5.92 Å². The SMILES string of the molecule is CC1CCCN(C(=O)c2sc(NC3CC3)nc2N)C1. The van der Waals surface area contributed by atoms with Gasteiger partial charge in [0.05, 0.1) is 0 Å². The molecule has 0 spiro atoms. The van der Waals surface area contributed by atoms with Crippen LogP contribution in [0.4, 0.5) is 10.9 Å². The molecular formula is C13H20N4OS. The number of hydrogen-bond donors (Lipinski definition) is 2. The predicted octanol–water partition coefficient (Wildman–Crippen LogP) is 2.17. The first kappa shape index (κ1) is 12.7. The minimum absolute atomic E-state index is 0.0467. The molecule has 1 saturated heterocycles. The Bertz CT molecular complexity index is 483. The molecule has 2 heterocycles. The molecule has 1 atom stereocenters. The van der Waals surface area contributed by atoms with E-state index in [9.17, 15) is 4.79 Å². The van der Waals surface area contributed by atoms with Gasteiger partial charge in [-0.15, -0.1) is 0 Å². The Morgan fingerprint density at radius 3 is 2.95 bits per heavy atom. The molecule has 0 radical (unpaired) electrons. The van der Waals surface area contributed by atoms with Crippen LogP contribution >= 0.6 is 11.3 Å². The summed E-state index contributed by atoms with van der Waals surface area (Å²) in [6, 6.07) is 0.531. The first-order valence-electron chi connectivity index (χ1n) is 6.95. The van der Waals surface area contributed by atoms with E-state index in [0.717, 1.165) is 24.6 Å². The Labute approximate surface area is 117 Å². The summed E-state index contributed by atoms with van der Waals surface area (Å²) in [7, 11) is 0. The second kappa shape index (κ2) is 5.00. The lowest BCUT2D eigenvalue weighted by molar-refractivity contribution is 0.0689. The maximum atomic E-state index is 12.5. The molecule has 1 amide bonds. The minimum Gasteiger partial charge on any atom is -0.382 e. The molecule has 2 aliphatic rings. The molecule has 1 aliphatic carbocycles. The second-order valence-electron chi connectivity index (χ2n) is 5.65. The Kier molecular flexibility index (Phi) is 3.35. The number of nitrogen functional groups attached to an aromatic ring is 1. The first-order chi connectivity index (χ1) is 9.13. The van der Waals surface area contributed by atoms with Gasteiger partial charge in [-0.2, -0.15) is 0 Å². The number of rotatable bonds is 3. The lowest BCUT2D eigenvalue weighted by Crippen LogP contribution is -2.39. The average Bonchev–Trinajstić information content (AvgIpc) is 3.11. The van der Waals surface area contributed by atoms with Crippen LogP contribution in [-0.4, -0.2) is 34.9 Å². The number of carbonyl (C=O) groups excluding carboxylic acids is 1. The summed E-state index contributed by atoms with van der Waals surface area (Å²) in [4.78, 5) is 19.2. The van der Waals surface area contributed by atoms with Gasteiger partial charge in [0.1, 0.15) is 10.7 Å². The van der Waals surface area contributed by atoms with Gasteiger partial charge in [0.15, 0.2) is 5.13 Å². The summed E-state index contributed by atoms with van der Waals surface area (Å²) in [6.45, 7) is 3.86. The van der Waals surface area contributed by atoms with Gasteiger partial charge in [-0.1, -0.05) is 18.3 Å². The van der Waals surface area contributed by atoms with Crippen molar-refractivity contribution in [3.05, 3.63) is 4.88 Å². The van der Waals surface area contributed by atoms with Crippen molar-refractivity contribution < 1.29 is 4.79 Å². The smallest absolute Gasteiger partial charge is 0.267 e. The van der Waals surface area contributed by atoms with Crippen molar-refractivity contribution in [3.8, 4) is 0 Å². The molecule has 3 N–H and O–H groups in total. The molecule has 0 aromatic carbocycles. The summed E-state index contributed by atoms with van der Waals surface area (Å²) in [5, 5.41) is 4.09. The van der Waals surface area contributed by atoms with E-state index in [2.05, 4.69) is 17.2 Å². The average molecular weight is 280 g/mol. The van der Waals surface area contributed by atoms with E-state index in [-0.39, 0.29) is 5.91 Å². The number of nitrogens with zero attached hydrogens (tertiary/aromatic N) is 2. The van der Waals surface area contributed by atoms with Gasteiger partial charge in [0, 0.05) is 19.1 Å². The monoisotopic (exact) mass is 280 g/mol. The first-order valence-corrected chi connectivity index (χ1v) is 7.77. The molecule has 0 bridgehead atoms. The zero-order valence-corrected chi connectivity index (χ0v) is 12.0. The Morgan fingerprint density at radius 1 is 1.47 bits per heavy atom. The highest BCUT2D eigenvalue weighted by Gasteiger charge is 2.27. The maximum absolute atomic E-state index is 12.5. The maximum Gasteiger partial charge on any atom is 0.267 e. The molecule has 5 nitrogen and oxygen atoms in total. The van der Waals surface area contributed by atoms with E-state index in [1.807, 2.05) is 4.90 Å². The number of nitrogens with two attached hydrogens (primary N) is 1. The highest BCUT2D eigenvalue weighted by Crippen LogP contribution is 2.31. The highest BCUT2D eigenvalue weighted by molar-refractivity contribution is 7.18. The fourth-order valence-electron chi connectivity index (χ4n) is 2.47. The molecule has 1 aliphatic heterocycles. The van der Waals surface area contributed by atoms with Gasteiger partial charge < -0.3 is 16.0 Å². The van der Waals surface area contributed by atoms with Gasteiger partial charge >= 0.3 is 0 Å². The van der Waals surface area contributed by atoms with Gasteiger partial charge in [0.2, 0.25) is 0 Å². The molecule has 6 heteroatoms. The van der Waals surface area contributed by atoms with Crippen LogP contribution in [0.15, 0.2) is 0 Å². The van der Waals surface area contributed by atoms with Crippen molar-refractivity contribution in [2.24, 2.45) is 5.92 Å². The van der Waals surface area contributed by atoms with Crippen molar-refractivity contribution in [3.63, 3.8) is 0 Å². The molecule has 1 aromatic rings. The van der Waals surface area contributed by atoms with Crippen molar-refractivity contribution in [2.45, 2.75) is 38.6 Å². The van der Waals surface area contributed by atoms with Crippen molar-refractivity contribution in [1.29, 1.82) is 0 Å². The third-order valence-electron chi connectivity index (χ3n) is 3.70. The molecule has 104 valence electrons. The molecule has 1 aromatic heterocycles. The summed E-state index contributed by atoms with van der Waals surface area (Å²) >= 11 is 1.39. The van der Waals surface area contributed by atoms with Gasteiger partial charge in [0.25, 0.3) is 5.91 Å². The lowest BCUT2D eigenvalue weighted by atomic mass is 10.0.